The fourth-order valence-corrected chi connectivity index (χ4v) is 2.89. The maximum atomic E-state index is 11.5. The number of piperazine rings is 1. The van der Waals surface area contributed by atoms with Crippen molar-refractivity contribution in [1.82, 2.24) is 15.1 Å². The van der Waals surface area contributed by atoms with Crippen LogP contribution >= 0.6 is 24.0 Å². The highest BCUT2D eigenvalue weighted by atomic mass is 32.2. The van der Waals surface area contributed by atoms with Crippen molar-refractivity contribution in [1.29, 1.82) is 0 Å². The molecule has 2 aliphatic heterocycles. The van der Waals surface area contributed by atoms with Crippen LogP contribution in [-0.2, 0) is 4.79 Å². The summed E-state index contributed by atoms with van der Waals surface area (Å²) in [5.74, 6) is -0.0993. The zero-order valence-electron chi connectivity index (χ0n) is 9.39. The highest BCUT2D eigenvalue weighted by Gasteiger charge is 2.24. The van der Waals surface area contributed by atoms with E-state index in [-0.39, 0.29) is 12.5 Å². The van der Waals surface area contributed by atoms with Gasteiger partial charge in [0.2, 0.25) is 0 Å². The number of carbonyl (C=O) groups is 1. The van der Waals surface area contributed by atoms with Crippen LogP contribution < -0.4 is 5.32 Å². The second kappa shape index (κ2) is 5.81. The van der Waals surface area contributed by atoms with E-state index in [0.29, 0.717) is 9.23 Å². The number of thioether (sulfide) groups is 1. The summed E-state index contributed by atoms with van der Waals surface area (Å²) in [5.41, 5.74) is 0. The fourth-order valence-electron chi connectivity index (χ4n) is 1.83. The largest absolute Gasteiger partial charge is 0.395 e. The van der Waals surface area contributed by atoms with E-state index in [2.05, 4.69) is 15.1 Å². The predicted molar refractivity (Wildman–Crippen MR) is 71.5 cm³/mol. The number of rotatable bonds is 3. The SMILES string of the molecule is O=C1NC(=S)S/C1=C\N1CCN(CCO)CC1. The molecule has 7 heteroatoms. The molecule has 0 aromatic heterocycles. The lowest BCUT2D eigenvalue weighted by Crippen LogP contribution is -2.45. The first-order valence-electron chi connectivity index (χ1n) is 5.51. The van der Waals surface area contributed by atoms with E-state index in [0.717, 1.165) is 32.7 Å². The number of carbonyl (C=O) groups excluding carboxylic acids is 1. The number of β-amino-alcohol motifs (C(OH)–C–C–N with tert-alkyl or cyclic N) is 1. The number of nitrogens with one attached hydrogen (secondary N) is 1. The highest BCUT2D eigenvalue weighted by Crippen LogP contribution is 2.24. The summed E-state index contributed by atoms with van der Waals surface area (Å²) in [5, 5.41) is 11.4. The van der Waals surface area contributed by atoms with Crippen molar-refractivity contribution in [2.75, 3.05) is 39.3 Å². The third-order valence-corrected chi connectivity index (χ3v) is 3.92. The third kappa shape index (κ3) is 3.41. The minimum atomic E-state index is -0.0993. The molecular weight excluding hydrogens is 258 g/mol. The Labute approximate surface area is 110 Å². The normalized spacial score (nSPS) is 24.5. The molecule has 0 atom stereocenters. The van der Waals surface area contributed by atoms with Gasteiger partial charge in [-0.15, -0.1) is 0 Å². The molecule has 0 radical (unpaired) electrons. The summed E-state index contributed by atoms with van der Waals surface area (Å²) in [6.45, 7) is 4.52. The van der Waals surface area contributed by atoms with E-state index in [9.17, 15) is 4.79 Å². The first kappa shape index (κ1) is 12.8. The number of amides is 1. The van der Waals surface area contributed by atoms with Crippen LogP contribution in [0.1, 0.15) is 0 Å². The minimum Gasteiger partial charge on any atom is -0.395 e. The monoisotopic (exact) mass is 273 g/mol. The van der Waals surface area contributed by atoms with Gasteiger partial charge in [0, 0.05) is 38.9 Å². The van der Waals surface area contributed by atoms with Crippen LogP contribution in [0.25, 0.3) is 0 Å². The first-order valence-corrected chi connectivity index (χ1v) is 6.74. The molecule has 0 aliphatic carbocycles. The van der Waals surface area contributed by atoms with Gasteiger partial charge < -0.3 is 15.3 Å². The summed E-state index contributed by atoms with van der Waals surface area (Å²) in [6, 6.07) is 0. The number of thiocarbonyl (C=S) groups is 1. The molecule has 2 fully saturated rings. The summed E-state index contributed by atoms with van der Waals surface area (Å²) in [4.78, 5) is 16.5. The molecule has 0 aromatic carbocycles. The maximum Gasteiger partial charge on any atom is 0.265 e. The zero-order chi connectivity index (χ0) is 12.3. The van der Waals surface area contributed by atoms with E-state index in [4.69, 9.17) is 17.3 Å². The molecule has 0 saturated carbocycles. The van der Waals surface area contributed by atoms with Gasteiger partial charge in [-0.2, -0.15) is 0 Å². The first-order chi connectivity index (χ1) is 8.19. The van der Waals surface area contributed by atoms with Crippen molar-refractivity contribution in [2.24, 2.45) is 0 Å². The fraction of sp³-hybridized carbons (Fsp3) is 0.600. The van der Waals surface area contributed by atoms with Crippen LogP contribution in [0.15, 0.2) is 11.1 Å². The Morgan fingerprint density at radius 1 is 1.41 bits per heavy atom. The lowest BCUT2D eigenvalue weighted by atomic mass is 10.3. The number of aliphatic hydroxyl groups is 1. The quantitative estimate of drug-likeness (QED) is 0.538. The number of nitrogens with zero attached hydrogens (tertiary/aromatic N) is 2. The second-order valence-corrected chi connectivity index (χ2v) is 5.66. The molecule has 5 nitrogen and oxygen atoms in total. The topological polar surface area (TPSA) is 55.8 Å². The summed E-state index contributed by atoms with van der Waals surface area (Å²) in [6.07, 6.45) is 1.88. The van der Waals surface area contributed by atoms with Gasteiger partial charge in [0.15, 0.2) is 0 Å². The zero-order valence-corrected chi connectivity index (χ0v) is 11.0. The van der Waals surface area contributed by atoms with E-state index in [1.807, 2.05) is 6.20 Å². The van der Waals surface area contributed by atoms with Gasteiger partial charge in [0.05, 0.1) is 11.5 Å². The molecule has 1 amide bonds. The van der Waals surface area contributed by atoms with Gasteiger partial charge in [0.25, 0.3) is 5.91 Å². The number of hydrogen-bond acceptors (Lipinski definition) is 6. The number of aliphatic hydroxyl groups excluding tert-OH is 1. The Kier molecular flexibility index (Phi) is 4.38. The molecular formula is C10H15N3O2S2. The van der Waals surface area contributed by atoms with Crippen molar-refractivity contribution in [2.45, 2.75) is 0 Å². The second-order valence-electron chi connectivity index (χ2n) is 3.94. The number of hydrogen-bond donors (Lipinski definition) is 2. The van der Waals surface area contributed by atoms with E-state index in [1.165, 1.54) is 11.8 Å². The lowest BCUT2D eigenvalue weighted by Gasteiger charge is -2.33. The van der Waals surface area contributed by atoms with Crippen molar-refractivity contribution in [3.8, 4) is 0 Å². The Bertz CT molecular complexity index is 351. The van der Waals surface area contributed by atoms with Crippen molar-refractivity contribution in [3.05, 3.63) is 11.1 Å². The Balaban J connectivity index is 1.87. The molecule has 2 rings (SSSR count). The van der Waals surface area contributed by atoms with Gasteiger partial charge in [-0.3, -0.25) is 9.69 Å². The Morgan fingerprint density at radius 2 is 2.12 bits per heavy atom. The van der Waals surface area contributed by atoms with Gasteiger partial charge in [-0.25, -0.2) is 0 Å². The van der Waals surface area contributed by atoms with Gasteiger partial charge in [0.1, 0.15) is 4.32 Å². The molecule has 0 bridgehead atoms. The maximum absolute atomic E-state index is 11.5. The van der Waals surface area contributed by atoms with E-state index in [1.54, 1.807) is 0 Å². The van der Waals surface area contributed by atoms with Crippen LogP contribution in [-0.4, -0.2) is 64.5 Å². The van der Waals surface area contributed by atoms with Crippen molar-refractivity contribution >= 4 is 34.2 Å². The van der Waals surface area contributed by atoms with Gasteiger partial charge in [-0.1, -0.05) is 24.0 Å². The average molecular weight is 273 g/mol. The van der Waals surface area contributed by atoms with E-state index >= 15 is 0 Å². The third-order valence-electron chi connectivity index (χ3n) is 2.76. The van der Waals surface area contributed by atoms with E-state index < -0.39 is 0 Å². The smallest absolute Gasteiger partial charge is 0.265 e. The van der Waals surface area contributed by atoms with Crippen LogP contribution in [0.4, 0.5) is 0 Å². The molecule has 17 heavy (non-hydrogen) atoms. The molecule has 94 valence electrons. The summed E-state index contributed by atoms with van der Waals surface area (Å²) in [7, 11) is 0. The summed E-state index contributed by atoms with van der Waals surface area (Å²) < 4.78 is 0.528. The molecule has 2 saturated heterocycles. The lowest BCUT2D eigenvalue weighted by molar-refractivity contribution is -0.115. The van der Waals surface area contributed by atoms with Crippen molar-refractivity contribution < 1.29 is 9.90 Å². The highest BCUT2D eigenvalue weighted by molar-refractivity contribution is 8.26. The Hall–Kier alpha value is -0.630. The molecule has 2 aliphatic rings. The predicted octanol–water partition coefficient (Wildman–Crippen LogP) is -0.414. The average Bonchev–Trinajstić information content (AvgIpc) is 2.61. The van der Waals surface area contributed by atoms with Gasteiger partial charge >= 0.3 is 0 Å². The molecule has 0 unspecified atom stereocenters. The molecule has 2 heterocycles. The van der Waals surface area contributed by atoms with Crippen LogP contribution in [0.5, 0.6) is 0 Å². The van der Waals surface area contributed by atoms with Crippen LogP contribution in [0.3, 0.4) is 0 Å². The van der Waals surface area contributed by atoms with Crippen molar-refractivity contribution in [3.63, 3.8) is 0 Å². The molecule has 0 aromatic rings. The molecule has 2 N–H and O–H groups in total. The van der Waals surface area contributed by atoms with Crippen LogP contribution in [0, 0.1) is 0 Å². The van der Waals surface area contributed by atoms with Gasteiger partial charge in [-0.05, 0) is 0 Å². The van der Waals surface area contributed by atoms with Crippen LogP contribution in [0.2, 0.25) is 0 Å². The Morgan fingerprint density at radius 3 is 2.65 bits per heavy atom. The summed E-state index contributed by atoms with van der Waals surface area (Å²) >= 11 is 6.24. The minimum absolute atomic E-state index is 0.0993. The molecule has 0 spiro atoms. The standard InChI is InChI=1S/C10H15N3O2S2/c14-6-5-12-1-3-13(4-2-12)7-8-9(15)11-10(16)17-8/h7,14H,1-6H2,(H,11,15,16)/b8-7-.